The quantitative estimate of drug-likeness (QED) is 0.600. The Kier molecular flexibility index (Phi) is 6.20. The summed E-state index contributed by atoms with van der Waals surface area (Å²) in [6.07, 6.45) is 2.54. The first-order valence-electron chi connectivity index (χ1n) is 8.94. The monoisotopic (exact) mass is 366 g/mol. The Labute approximate surface area is 158 Å². The lowest BCUT2D eigenvalue weighted by Crippen LogP contribution is -2.09. The number of nitrogens with zero attached hydrogens (tertiary/aromatic N) is 2. The van der Waals surface area contributed by atoms with Gasteiger partial charge >= 0.3 is 0 Å². The largest absolute Gasteiger partial charge is 0.489 e. The highest BCUT2D eigenvalue weighted by molar-refractivity contribution is 5.64. The van der Waals surface area contributed by atoms with E-state index in [1.165, 1.54) is 12.1 Å². The summed E-state index contributed by atoms with van der Waals surface area (Å²) >= 11 is 0. The fraction of sp³-hybridized carbons (Fsp3) is 0.238. The Morgan fingerprint density at radius 3 is 2.59 bits per heavy atom. The predicted octanol–water partition coefficient (Wildman–Crippen LogP) is 4.80. The van der Waals surface area contributed by atoms with Gasteiger partial charge in [-0.3, -0.25) is 0 Å². The van der Waals surface area contributed by atoms with Gasteiger partial charge in [0.05, 0.1) is 11.8 Å². The summed E-state index contributed by atoms with van der Waals surface area (Å²) < 4.78 is 18.8. The SMILES string of the molecule is CC(C)Oc1ccccc1Nc1ccnc(NCCc2ccc(F)cc2)n1. The predicted molar refractivity (Wildman–Crippen MR) is 106 cm³/mol. The molecule has 1 aromatic heterocycles. The van der Waals surface area contributed by atoms with E-state index in [9.17, 15) is 4.39 Å². The third-order valence-corrected chi connectivity index (χ3v) is 3.78. The number of anilines is 3. The van der Waals surface area contributed by atoms with Crippen LogP contribution in [0.4, 0.5) is 21.8 Å². The normalized spacial score (nSPS) is 10.7. The summed E-state index contributed by atoms with van der Waals surface area (Å²) in [5.41, 5.74) is 1.90. The van der Waals surface area contributed by atoms with Crippen molar-refractivity contribution in [3.8, 4) is 5.75 Å². The second kappa shape index (κ2) is 8.98. The zero-order chi connectivity index (χ0) is 19.1. The maximum atomic E-state index is 12.9. The number of para-hydroxylation sites is 2. The Bertz CT molecular complexity index is 868. The van der Waals surface area contributed by atoms with Gasteiger partial charge in [-0.1, -0.05) is 24.3 Å². The van der Waals surface area contributed by atoms with Gasteiger partial charge in [0.1, 0.15) is 17.4 Å². The summed E-state index contributed by atoms with van der Waals surface area (Å²) in [5.74, 6) is 1.76. The van der Waals surface area contributed by atoms with Crippen LogP contribution in [0.25, 0.3) is 0 Å². The van der Waals surface area contributed by atoms with Crippen LogP contribution in [0.2, 0.25) is 0 Å². The minimum Gasteiger partial charge on any atom is -0.489 e. The maximum absolute atomic E-state index is 12.9. The van der Waals surface area contributed by atoms with Crippen LogP contribution >= 0.6 is 0 Å². The van der Waals surface area contributed by atoms with Crippen molar-refractivity contribution in [2.24, 2.45) is 0 Å². The van der Waals surface area contributed by atoms with Gasteiger partial charge in [0.2, 0.25) is 5.95 Å². The van der Waals surface area contributed by atoms with Crippen LogP contribution in [0.15, 0.2) is 60.8 Å². The van der Waals surface area contributed by atoms with Gasteiger partial charge in [0, 0.05) is 12.7 Å². The third-order valence-electron chi connectivity index (χ3n) is 3.78. The first kappa shape index (κ1) is 18.6. The minimum atomic E-state index is -0.226. The lowest BCUT2D eigenvalue weighted by atomic mass is 10.1. The van der Waals surface area contributed by atoms with E-state index < -0.39 is 0 Å². The molecule has 0 aliphatic heterocycles. The van der Waals surface area contributed by atoms with E-state index in [1.54, 1.807) is 24.4 Å². The molecule has 0 bridgehead atoms. The molecule has 0 unspecified atom stereocenters. The van der Waals surface area contributed by atoms with Crippen molar-refractivity contribution in [2.45, 2.75) is 26.4 Å². The van der Waals surface area contributed by atoms with Gasteiger partial charge in [-0.2, -0.15) is 4.98 Å². The highest BCUT2D eigenvalue weighted by Crippen LogP contribution is 2.27. The number of hydrogen-bond acceptors (Lipinski definition) is 5. The van der Waals surface area contributed by atoms with Crippen LogP contribution in [0.1, 0.15) is 19.4 Å². The fourth-order valence-electron chi connectivity index (χ4n) is 2.55. The Balaban J connectivity index is 1.61. The molecule has 2 aromatic carbocycles. The summed E-state index contributed by atoms with van der Waals surface area (Å²) in [5, 5.41) is 6.47. The van der Waals surface area contributed by atoms with Crippen molar-refractivity contribution in [2.75, 3.05) is 17.2 Å². The van der Waals surface area contributed by atoms with E-state index in [-0.39, 0.29) is 11.9 Å². The Morgan fingerprint density at radius 2 is 1.81 bits per heavy atom. The van der Waals surface area contributed by atoms with Gasteiger partial charge in [-0.05, 0) is 56.2 Å². The van der Waals surface area contributed by atoms with E-state index in [2.05, 4.69) is 20.6 Å². The molecule has 140 valence electrons. The van der Waals surface area contributed by atoms with E-state index in [0.29, 0.717) is 18.3 Å². The molecule has 2 N–H and O–H groups in total. The van der Waals surface area contributed by atoms with Gasteiger partial charge in [0.25, 0.3) is 0 Å². The molecule has 0 aliphatic rings. The highest BCUT2D eigenvalue weighted by atomic mass is 19.1. The number of rotatable bonds is 8. The molecule has 0 spiro atoms. The van der Waals surface area contributed by atoms with Gasteiger partial charge in [-0.15, -0.1) is 0 Å². The molecule has 0 amide bonds. The lowest BCUT2D eigenvalue weighted by molar-refractivity contribution is 0.244. The molecule has 0 saturated carbocycles. The molecule has 0 saturated heterocycles. The molecule has 0 aliphatic carbocycles. The number of aromatic nitrogens is 2. The molecule has 5 nitrogen and oxygen atoms in total. The van der Waals surface area contributed by atoms with E-state index in [0.717, 1.165) is 23.4 Å². The number of halogens is 1. The zero-order valence-electron chi connectivity index (χ0n) is 15.4. The van der Waals surface area contributed by atoms with E-state index in [4.69, 9.17) is 4.74 Å². The van der Waals surface area contributed by atoms with E-state index in [1.807, 2.05) is 38.1 Å². The van der Waals surface area contributed by atoms with Gasteiger partial charge in [0.15, 0.2) is 0 Å². The number of ether oxygens (including phenoxy) is 1. The zero-order valence-corrected chi connectivity index (χ0v) is 15.4. The standard InChI is InChI=1S/C21H23FN4O/c1-15(2)27-19-6-4-3-5-18(19)25-20-12-14-24-21(26-20)23-13-11-16-7-9-17(22)10-8-16/h3-10,12,14-15H,11,13H2,1-2H3,(H2,23,24,25,26). The molecular weight excluding hydrogens is 343 g/mol. The molecule has 0 fully saturated rings. The van der Waals surface area contributed by atoms with Crippen LogP contribution in [0.3, 0.4) is 0 Å². The minimum absolute atomic E-state index is 0.0852. The number of benzene rings is 2. The van der Waals surface area contributed by atoms with Crippen molar-refractivity contribution < 1.29 is 9.13 Å². The lowest BCUT2D eigenvalue weighted by Gasteiger charge is -2.15. The van der Waals surface area contributed by atoms with Crippen molar-refractivity contribution >= 4 is 17.5 Å². The Morgan fingerprint density at radius 1 is 1.04 bits per heavy atom. The second-order valence-corrected chi connectivity index (χ2v) is 6.36. The second-order valence-electron chi connectivity index (χ2n) is 6.36. The van der Waals surface area contributed by atoms with Crippen LogP contribution in [-0.2, 0) is 6.42 Å². The number of nitrogens with one attached hydrogen (secondary N) is 2. The van der Waals surface area contributed by atoms with Gasteiger partial charge in [-0.25, -0.2) is 9.37 Å². The summed E-state index contributed by atoms with van der Waals surface area (Å²) in [4.78, 5) is 8.73. The molecule has 3 rings (SSSR count). The van der Waals surface area contributed by atoms with Crippen molar-refractivity contribution in [1.82, 2.24) is 9.97 Å². The smallest absolute Gasteiger partial charge is 0.224 e. The van der Waals surface area contributed by atoms with Crippen molar-refractivity contribution in [3.05, 3.63) is 72.2 Å². The van der Waals surface area contributed by atoms with E-state index >= 15 is 0 Å². The molecular formula is C21H23FN4O. The van der Waals surface area contributed by atoms with Crippen LogP contribution < -0.4 is 15.4 Å². The molecule has 1 heterocycles. The first-order chi connectivity index (χ1) is 13.1. The maximum Gasteiger partial charge on any atom is 0.224 e. The average molecular weight is 366 g/mol. The summed E-state index contributed by atoms with van der Waals surface area (Å²) in [6, 6.07) is 16.0. The van der Waals surface area contributed by atoms with Crippen molar-refractivity contribution in [1.29, 1.82) is 0 Å². The molecule has 6 heteroatoms. The van der Waals surface area contributed by atoms with Crippen LogP contribution in [-0.4, -0.2) is 22.6 Å². The summed E-state index contributed by atoms with van der Waals surface area (Å²) in [7, 11) is 0. The average Bonchev–Trinajstić information content (AvgIpc) is 2.65. The summed E-state index contributed by atoms with van der Waals surface area (Å²) in [6.45, 7) is 4.64. The third kappa shape index (κ3) is 5.67. The van der Waals surface area contributed by atoms with Crippen LogP contribution in [0, 0.1) is 5.82 Å². The Hall–Kier alpha value is -3.15. The highest BCUT2D eigenvalue weighted by Gasteiger charge is 2.07. The number of hydrogen-bond donors (Lipinski definition) is 2. The van der Waals surface area contributed by atoms with Crippen LogP contribution in [0.5, 0.6) is 5.75 Å². The molecule has 3 aromatic rings. The molecule has 27 heavy (non-hydrogen) atoms. The molecule has 0 atom stereocenters. The van der Waals surface area contributed by atoms with Crippen molar-refractivity contribution in [3.63, 3.8) is 0 Å². The van der Waals surface area contributed by atoms with Gasteiger partial charge < -0.3 is 15.4 Å². The topological polar surface area (TPSA) is 59.1 Å². The first-order valence-corrected chi connectivity index (χ1v) is 8.94. The fourth-order valence-corrected chi connectivity index (χ4v) is 2.55. The molecule has 0 radical (unpaired) electrons.